The molecule has 0 aromatic rings. The molecule has 94 valence electrons. The Bertz CT molecular complexity index is 219. The number of hydrogen-bond donors (Lipinski definition) is 0. The lowest BCUT2D eigenvalue weighted by molar-refractivity contribution is 0.151. The zero-order valence-corrected chi connectivity index (χ0v) is 11.5. The van der Waals surface area contributed by atoms with Crippen LogP contribution in [0.15, 0.2) is 16.8 Å². The van der Waals surface area contributed by atoms with Gasteiger partial charge in [-0.2, -0.15) is 0 Å². The van der Waals surface area contributed by atoms with E-state index in [1.807, 2.05) is 13.1 Å². The fraction of sp³-hybridized carbons (Fsp3) is 0.786. The number of nitrogens with zero attached hydrogens (tertiary/aromatic N) is 1. The standard InChI is InChI=1S/C14H27NO/c1-6-13(5)14(16-11-12(3)4)9-8-10-15-7-2/h7,9,12-13H,6,8,10-11H2,1-5H3. The van der Waals surface area contributed by atoms with E-state index in [0.29, 0.717) is 11.8 Å². The normalized spacial score (nSPS) is 14.8. The number of ether oxygens (including phenoxy) is 1. The molecule has 0 N–H and O–H groups in total. The molecule has 1 unspecified atom stereocenters. The molecule has 0 spiro atoms. The Labute approximate surface area is 101 Å². The predicted molar refractivity (Wildman–Crippen MR) is 72.0 cm³/mol. The van der Waals surface area contributed by atoms with E-state index in [1.54, 1.807) is 0 Å². The van der Waals surface area contributed by atoms with Gasteiger partial charge in [0.25, 0.3) is 0 Å². The van der Waals surface area contributed by atoms with Gasteiger partial charge >= 0.3 is 0 Å². The molecular weight excluding hydrogens is 198 g/mol. The van der Waals surface area contributed by atoms with E-state index in [2.05, 4.69) is 38.8 Å². The first-order valence-electron chi connectivity index (χ1n) is 6.39. The summed E-state index contributed by atoms with van der Waals surface area (Å²) in [5, 5.41) is 0. The highest BCUT2D eigenvalue weighted by Gasteiger charge is 2.08. The molecule has 2 heteroatoms. The average Bonchev–Trinajstić information content (AvgIpc) is 2.27. The second-order valence-electron chi connectivity index (χ2n) is 4.57. The fourth-order valence-electron chi connectivity index (χ4n) is 1.28. The molecule has 0 aromatic heterocycles. The first kappa shape index (κ1) is 15.2. The van der Waals surface area contributed by atoms with Crippen LogP contribution < -0.4 is 0 Å². The second kappa shape index (κ2) is 9.44. The molecule has 0 bridgehead atoms. The van der Waals surface area contributed by atoms with Crippen LogP contribution in [-0.2, 0) is 4.74 Å². The van der Waals surface area contributed by atoms with E-state index in [0.717, 1.165) is 31.8 Å². The summed E-state index contributed by atoms with van der Waals surface area (Å²) in [4.78, 5) is 4.20. The zero-order valence-electron chi connectivity index (χ0n) is 11.5. The van der Waals surface area contributed by atoms with Crippen molar-refractivity contribution in [3.8, 4) is 0 Å². The maximum absolute atomic E-state index is 5.85. The first-order chi connectivity index (χ1) is 7.61. The molecule has 0 heterocycles. The molecule has 2 nitrogen and oxygen atoms in total. The molecule has 0 amide bonds. The van der Waals surface area contributed by atoms with Crippen molar-refractivity contribution in [2.24, 2.45) is 16.8 Å². The molecular formula is C14H27NO. The highest BCUT2D eigenvalue weighted by molar-refractivity contribution is 5.53. The van der Waals surface area contributed by atoms with Crippen LogP contribution in [0, 0.1) is 11.8 Å². The minimum absolute atomic E-state index is 0.518. The van der Waals surface area contributed by atoms with E-state index in [9.17, 15) is 0 Å². The fourth-order valence-corrected chi connectivity index (χ4v) is 1.28. The van der Waals surface area contributed by atoms with Crippen LogP contribution in [-0.4, -0.2) is 19.4 Å². The van der Waals surface area contributed by atoms with Gasteiger partial charge in [0.2, 0.25) is 0 Å². The number of allylic oxidation sites excluding steroid dienone is 1. The van der Waals surface area contributed by atoms with Gasteiger partial charge in [0.1, 0.15) is 0 Å². The SMILES string of the molecule is CC=NCCC=C(OCC(C)C)C(C)CC. The topological polar surface area (TPSA) is 21.6 Å². The summed E-state index contributed by atoms with van der Waals surface area (Å²) in [6.07, 6.45) is 6.15. The number of aliphatic imine (C=N–C) groups is 1. The largest absolute Gasteiger partial charge is 0.498 e. The van der Waals surface area contributed by atoms with Gasteiger partial charge in [-0.1, -0.05) is 27.7 Å². The van der Waals surface area contributed by atoms with Crippen LogP contribution in [0.4, 0.5) is 0 Å². The average molecular weight is 225 g/mol. The summed E-state index contributed by atoms with van der Waals surface area (Å²) < 4.78 is 5.85. The Morgan fingerprint density at radius 1 is 1.31 bits per heavy atom. The summed E-state index contributed by atoms with van der Waals surface area (Å²) >= 11 is 0. The van der Waals surface area contributed by atoms with Crippen LogP contribution in [0.5, 0.6) is 0 Å². The van der Waals surface area contributed by atoms with E-state index in [4.69, 9.17) is 4.74 Å². The van der Waals surface area contributed by atoms with Crippen molar-refractivity contribution < 1.29 is 4.74 Å². The van der Waals surface area contributed by atoms with Crippen molar-refractivity contribution in [2.45, 2.75) is 47.5 Å². The van der Waals surface area contributed by atoms with Crippen molar-refractivity contribution in [3.63, 3.8) is 0 Å². The summed E-state index contributed by atoms with van der Waals surface area (Å²) in [5.41, 5.74) is 0. The Hall–Kier alpha value is -0.790. The Morgan fingerprint density at radius 2 is 2.00 bits per heavy atom. The molecule has 1 atom stereocenters. The smallest absolute Gasteiger partial charge is 0.0948 e. The van der Waals surface area contributed by atoms with Crippen LogP contribution in [0.25, 0.3) is 0 Å². The monoisotopic (exact) mass is 225 g/mol. The van der Waals surface area contributed by atoms with E-state index in [1.165, 1.54) is 0 Å². The van der Waals surface area contributed by atoms with E-state index in [-0.39, 0.29) is 0 Å². The van der Waals surface area contributed by atoms with Crippen molar-refractivity contribution >= 4 is 6.21 Å². The van der Waals surface area contributed by atoms with Gasteiger partial charge in [-0.05, 0) is 38.0 Å². The summed E-state index contributed by atoms with van der Waals surface area (Å²) in [7, 11) is 0. The first-order valence-corrected chi connectivity index (χ1v) is 6.39. The maximum atomic E-state index is 5.85. The molecule has 0 aliphatic heterocycles. The van der Waals surface area contributed by atoms with Crippen molar-refractivity contribution in [1.29, 1.82) is 0 Å². The third kappa shape index (κ3) is 7.49. The quantitative estimate of drug-likeness (QED) is 0.347. The molecule has 0 aliphatic rings. The van der Waals surface area contributed by atoms with Crippen LogP contribution in [0.1, 0.15) is 47.5 Å². The van der Waals surface area contributed by atoms with E-state index < -0.39 is 0 Å². The number of rotatable bonds is 8. The second-order valence-corrected chi connectivity index (χ2v) is 4.57. The van der Waals surface area contributed by atoms with Crippen molar-refractivity contribution in [3.05, 3.63) is 11.8 Å². The maximum Gasteiger partial charge on any atom is 0.0948 e. The van der Waals surface area contributed by atoms with Gasteiger partial charge in [-0.15, -0.1) is 0 Å². The Kier molecular flexibility index (Phi) is 8.97. The molecule has 0 saturated carbocycles. The van der Waals surface area contributed by atoms with Gasteiger partial charge in [0.15, 0.2) is 0 Å². The third-order valence-electron chi connectivity index (χ3n) is 2.47. The van der Waals surface area contributed by atoms with Crippen molar-refractivity contribution in [1.82, 2.24) is 0 Å². The van der Waals surface area contributed by atoms with Gasteiger partial charge in [-0.25, -0.2) is 0 Å². The predicted octanol–water partition coefficient (Wildman–Crippen LogP) is 4.07. The van der Waals surface area contributed by atoms with Crippen LogP contribution >= 0.6 is 0 Å². The van der Waals surface area contributed by atoms with Crippen molar-refractivity contribution in [2.75, 3.05) is 13.2 Å². The molecule has 16 heavy (non-hydrogen) atoms. The van der Waals surface area contributed by atoms with Gasteiger partial charge in [0, 0.05) is 12.5 Å². The lowest BCUT2D eigenvalue weighted by atomic mass is 10.1. The zero-order chi connectivity index (χ0) is 12.4. The molecule has 0 fully saturated rings. The lowest BCUT2D eigenvalue weighted by Crippen LogP contribution is -2.08. The van der Waals surface area contributed by atoms with Crippen LogP contribution in [0.3, 0.4) is 0 Å². The summed E-state index contributed by atoms with van der Waals surface area (Å²) in [6.45, 7) is 12.4. The molecule has 0 saturated heterocycles. The van der Waals surface area contributed by atoms with Gasteiger partial charge < -0.3 is 4.74 Å². The summed E-state index contributed by atoms with van der Waals surface area (Å²) in [5.74, 6) is 2.24. The highest BCUT2D eigenvalue weighted by atomic mass is 16.5. The molecule has 0 aliphatic carbocycles. The molecule has 0 radical (unpaired) electrons. The van der Waals surface area contributed by atoms with Crippen LogP contribution in [0.2, 0.25) is 0 Å². The van der Waals surface area contributed by atoms with Gasteiger partial charge in [0.05, 0.1) is 12.4 Å². The Balaban J connectivity index is 4.18. The third-order valence-corrected chi connectivity index (χ3v) is 2.47. The lowest BCUT2D eigenvalue weighted by Gasteiger charge is -2.17. The Morgan fingerprint density at radius 3 is 2.50 bits per heavy atom. The van der Waals surface area contributed by atoms with E-state index >= 15 is 0 Å². The number of hydrogen-bond acceptors (Lipinski definition) is 2. The molecule has 0 aromatic carbocycles. The molecule has 0 rings (SSSR count). The minimum atomic E-state index is 0.518. The van der Waals surface area contributed by atoms with Gasteiger partial charge in [-0.3, -0.25) is 4.99 Å². The highest BCUT2D eigenvalue weighted by Crippen LogP contribution is 2.17. The minimum Gasteiger partial charge on any atom is -0.498 e. The summed E-state index contributed by atoms with van der Waals surface area (Å²) in [6, 6.07) is 0.